The highest BCUT2D eigenvalue weighted by atomic mass is 32.3. The SMILES string of the molecule is CC(C)(C)c1ccc(S(C)(C(=O)Nc2ccc(OCC3CCCCC3)cc2)c2ccccc2)cc1. The minimum Gasteiger partial charge on any atom is -0.493 e. The lowest BCUT2D eigenvalue weighted by atomic mass is 9.87. The second-order valence-corrected chi connectivity index (χ2v) is 13.9. The molecule has 1 fully saturated rings. The summed E-state index contributed by atoms with van der Waals surface area (Å²) in [5.41, 5.74) is 2.13. The zero-order chi connectivity index (χ0) is 24.9. The van der Waals surface area contributed by atoms with E-state index < -0.39 is 10.0 Å². The lowest BCUT2D eigenvalue weighted by Crippen LogP contribution is -2.19. The smallest absolute Gasteiger partial charge is 0.273 e. The van der Waals surface area contributed by atoms with E-state index in [1.807, 2.05) is 42.5 Å². The summed E-state index contributed by atoms with van der Waals surface area (Å²) in [6.07, 6.45) is 8.62. The lowest BCUT2D eigenvalue weighted by Gasteiger charge is -2.35. The Morgan fingerprint density at radius 1 is 0.857 bits per heavy atom. The van der Waals surface area contributed by atoms with Crippen LogP contribution in [0.4, 0.5) is 10.5 Å². The van der Waals surface area contributed by atoms with Crippen LogP contribution in [0.2, 0.25) is 0 Å². The van der Waals surface area contributed by atoms with Crippen molar-refractivity contribution in [2.75, 3.05) is 18.2 Å². The number of amides is 1. The first-order chi connectivity index (χ1) is 16.8. The predicted octanol–water partition coefficient (Wildman–Crippen LogP) is 9.03. The molecule has 1 aliphatic rings. The van der Waals surface area contributed by atoms with Crippen LogP contribution >= 0.6 is 10.0 Å². The van der Waals surface area contributed by atoms with Gasteiger partial charge in [0.15, 0.2) is 0 Å². The predicted molar refractivity (Wildman–Crippen MR) is 149 cm³/mol. The van der Waals surface area contributed by atoms with E-state index >= 15 is 0 Å². The van der Waals surface area contributed by atoms with E-state index in [4.69, 9.17) is 4.74 Å². The Morgan fingerprint density at radius 2 is 1.46 bits per heavy atom. The van der Waals surface area contributed by atoms with Gasteiger partial charge in [0.05, 0.1) is 6.61 Å². The van der Waals surface area contributed by atoms with E-state index in [1.165, 1.54) is 37.7 Å². The maximum atomic E-state index is 13.8. The first-order valence-electron chi connectivity index (χ1n) is 12.7. The van der Waals surface area contributed by atoms with Crippen LogP contribution in [0.25, 0.3) is 0 Å². The molecular weight excluding hydrogens is 450 g/mol. The average Bonchev–Trinajstić information content (AvgIpc) is 2.88. The quantitative estimate of drug-likeness (QED) is 0.375. The molecule has 4 heteroatoms. The Morgan fingerprint density at radius 3 is 2.06 bits per heavy atom. The molecule has 1 aliphatic carbocycles. The van der Waals surface area contributed by atoms with Gasteiger partial charge in [-0.1, -0.05) is 70.4 Å². The van der Waals surface area contributed by atoms with Gasteiger partial charge in [-0.25, -0.2) is 0 Å². The summed E-state index contributed by atoms with van der Waals surface area (Å²) in [5, 5.41) is 3.23. The molecule has 186 valence electrons. The molecule has 0 aromatic heterocycles. The summed E-state index contributed by atoms with van der Waals surface area (Å²) >= 11 is 0. The second-order valence-electron chi connectivity index (χ2n) is 10.8. The fourth-order valence-electron chi connectivity index (χ4n) is 4.69. The minimum absolute atomic E-state index is 0.0306. The number of rotatable bonds is 6. The van der Waals surface area contributed by atoms with Gasteiger partial charge in [0.25, 0.3) is 5.24 Å². The molecule has 3 nitrogen and oxygen atoms in total. The van der Waals surface area contributed by atoms with Crippen molar-refractivity contribution in [1.82, 2.24) is 0 Å². The highest BCUT2D eigenvalue weighted by Crippen LogP contribution is 2.60. The third kappa shape index (κ3) is 6.10. The Kier molecular flexibility index (Phi) is 7.91. The topological polar surface area (TPSA) is 38.3 Å². The second kappa shape index (κ2) is 10.9. The molecule has 1 amide bonds. The number of anilines is 1. The van der Waals surface area contributed by atoms with E-state index in [0.29, 0.717) is 5.92 Å². The summed E-state index contributed by atoms with van der Waals surface area (Å²) < 4.78 is 6.04. The number of ether oxygens (including phenoxy) is 1. The van der Waals surface area contributed by atoms with E-state index in [2.05, 4.69) is 68.7 Å². The van der Waals surface area contributed by atoms with Gasteiger partial charge in [0, 0.05) is 15.5 Å². The standard InChI is InChI=1S/C31H39NO2S/c1-31(2,3)25-15-21-29(22-16-25)35(4,28-13-9-6-10-14-28)30(33)32-26-17-19-27(20-18-26)34-23-24-11-7-5-8-12-24/h6,9-10,13-22,24H,5,7-8,11-12,23H2,1-4H3,(H,32,33). The molecule has 0 radical (unpaired) electrons. The number of hydrogen-bond donors (Lipinski definition) is 1. The summed E-state index contributed by atoms with van der Waals surface area (Å²) in [6, 6.07) is 26.5. The fraction of sp³-hybridized carbons (Fsp3) is 0.387. The monoisotopic (exact) mass is 489 g/mol. The molecule has 35 heavy (non-hydrogen) atoms. The number of carbonyl (C=O) groups is 1. The van der Waals surface area contributed by atoms with Crippen LogP contribution in [-0.4, -0.2) is 18.1 Å². The van der Waals surface area contributed by atoms with E-state index in [0.717, 1.165) is 27.8 Å². The Hall–Kier alpha value is -2.72. The van der Waals surface area contributed by atoms with Gasteiger partial charge in [-0.05, 0) is 84.5 Å². The van der Waals surface area contributed by atoms with Crippen LogP contribution in [0.3, 0.4) is 0 Å². The number of nitrogens with one attached hydrogen (secondary N) is 1. The Labute approximate surface area is 212 Å². The number of benzene rings is 3. The molecule has 3 aromatic rings. The van der Waals surface area contributed by atoms with Crippen LogP contribution in [0.15, 0.2) is 88.7 Å². The molecule has 4 rings (SSSR count). The molecule has 3 aromatic carbocycles. The maximum absolute atomic E-state index is 13.8. The average molecular weight is 490 g/mol. The van der Waals surface area contributed by atoms with Crippen molar-refractivity contribution in [2.24, 2.45) is 5.92 Å². The van der Waals surface area contributed by atoms with Gasteiger partial charge < -0.3 is 10.1 Å². The zero-order valence-corrected chi connectivity index (χ0v) is 22.4. The molecule has 1 saturated carbocycles. The molecule has 0 bridgehead atoms. The van der Waals surface area contributed by atoms with Gasteiger partial charge in [0.2, 0.25) is 0 Å². The van der Waals surface area contributed by atoms with Crippen LogP contribution in [0.1, 0.15) is 58.4 Å². The van der Waals surface area contributed by atoms with Gasteiger partial charge in [-0.3, -0.25) is 4.79 Å². The Balaban J connectivity index is 1.52. The molecule has 0 saturated heterocycles. The highest BCUT2D eigenvalue weighted by molar-refractivity contribution is 8.45. The molecule has 0 heterocycles. The van der Waals surface area contributed by atoms with Crippen molar-refractivity contribution >= 4 is 21.0 Å². The summed E-state index contributed by atoms with van der Waals surface area (Å²) in [6.45, 7) is 7.41. The van der Waals surface area contributed by atoms with Crippen LogP contribution in [0, 0.1) is 5.92 Å². The van der Waals surface area contributed by atoms with Crippen molar-refractivity contribution < 1.29 is 9.53 Å². The molecule has 0 aliphatic heterocycles. The van der Waals surface area contributed by atoms with E-state index in [-0.39, 0.29) is 10.7 Å². The van der Waals surface area contributed by atoms with Gasteiger partial charge >= 0.3 is 0 Å². The third-order valence-electron chi connectivity index (χ3n) is 7.09. The maximum Gasteiger partial charge on any atom is 0.273 e. The third-order valence-corrected chi connectivity index (χ3v) is 10.4. The van der Waals surface area contributed by atoms with Gasteiger partial charge in [0.1, 0.15) is 5.75 Å². The summed E-state index contributed by atoms with van der Waals surface area (Å²) in [5.74, 6) is 1.53. The van der Waals surface area contributed by atoms with Crippen molar-refractivity contribution in [3.8, 4) is 5.75 Å². The molecule has 1 N–H and O–H groups in total. The van der Waals surface area contributed by atoms with Crippen LogP contribution in [-0.2, 0) is 5.41 Å². The molecule has 1 atom stereocenters. The van der Waals surface area contributed by atoms with Crippen molar-refractivity contribution in [3.63, 3.8) is 0 Å². The summed E-state index contributed by atoms with van der Waals surface area (Å²) in [4.78, 5) is 15.9. The molecule has 0 spiro atoms. The van der Waals surface area contributed by atoms with Crippen molar-refractivity contribution in [3.05, 3.63) is 84.4 Å². The first kappa shape index (κ1) is 25.4. The van der Waals surface area contributed by atoms with Crippen LogP contribution < -0.4 is 10.1 Å². The van der Waals surface area contributed by atoms with E-state index in [1.54, 1.807) is 0 Å². The normalized spacial score (nSPS) is 17.3. The van der Waals surface area contributed by atoms with Gasteiger partial charge in [-0.15, -0.1) is 10.0 Å². The molecule has 1 unspecified atom stereocenters. The number of carbonyl (C=O) groups excluding carboxylic acids is 1. The first-order valence-corrected chi connectivity index (χ1v) is 14.8. The number of hydrogen-bond acceptors (Lipinski definition) is 2. The largest absolute Gasteiger partial charge is 0.493 e. The lowest BCUT2D eigenvalue weighted by molar-refractivity contribution is 0.209. The van der Waals surface area contributed by atoms with Gasteiger partial charge in [-0.2, -0.15) is 0 Å². The summed E-state index contributed by atoms with van der Waals surface area (Å²) in [7, 11) is -1.95. The van der Waals surface area contributed by atoms with E-state index in [9.17, 15) is 4.79 Å². The van der Waals surface area contributed by atoms with Crippen molar-refractivity contribution in [1.29, 1.82) is 0 Å². The highest BCUT2D eigenvalue weighted by Gasteiger charge is 2.32. The van der Waals surface area contributed by atoms with Crippen molar-refractivity contribution in [2.45, 2.75) is 68.1 Å². The minimum atomic E-state index is -1.95. The van der Waals surface area contributed by atoms with Crippen LogP contribution in [0.5, 0.6) is 5.75 Å². The molecular formula is C31H39NO2S. The zero-order valence-electron chi connectivity index (χ0n) is 21.6. The Bertz CT molecular complexity index is 1100. The fourth-order valence-corrected chi connectivity index (χ4v) is 7.10.